The third kappa shape index (κ3) is 6.30. The number of ether oxygens (including phenoxy) is 1. The van der Waals surface area contributed by atoms with Gasteiger partial charge in [-0.1, -0.05) is 19.9 Å². The lowest BCUT2D eigenvalue weighted by Crippen LogP contribution is -2.45. The predicted molar refractivity (Wildman–Crippen MR) is 71.2 cm³/mol. The van der Waals surface area contributed by atoms with E-state index in [0.29, 0.717) is 18.2 Å². The third-order valence-electron chi connectivity index (χ3n) is 2.43. The Bertz CT molecular complexity index is 263. The number of carbonyl (C=O) groups excluding carboxylic acids is 1. The van der Waals surface area contributed by atoms with Crippen LogP contribution in [0.4, 0.5) is 0 Å². The molecule has 0 aromatic carbocycles. The first kappa shape index (κ1) is 17.3. The molecule has 0 bridgehead atoms. The highest BCUT2D eigenvalue weighted by atomic mass is 28.4. The summed E-state index contributed by atoms with van der Waals surface area (Å²) in [6.45, 7) is 8.02. The zero-order valence-electron chi connectivity index (χ0n) is 11.8. The molecule has 0 spiro atoms. The topological polar surface area (TPSA) is 54.0 Å². The summed E-state index contributed by atoms with van der Waals surface area (Å²) < 4.78 is 21.4. The number of carbonyl (C=O) groups is 1. The van der Waals surface area contributed by atoms with Gasteiger partial charge >= 0.3 is 14.8 Å². The van der Waals surface area contributed by atoms with Gasteiger partial charge in [0.25, 0.3) is 0 Å². The standard InChI is InChI=1S/C12H24O5Si/c1-6-7-8-17-18(14-4,15-5)10-9-16-12(13)11(2)3/h2,6-10H2,1,3-5H3. The summed E-state index contributed by atoms with van der Waals surface area (Å²) in [5.74, 6) is -0.404. The van der Waals surface area contributed by atoms with Gasteiger partial charge in [0, 0.05) is 26.4 Å². The van der Waals surface area contributed by atoms with E-state index in [9.17, 15) is 4.79 Å². The Morgan fingerprint density at radius 3 is 2.28 bits per heavy atom. The number of esters is 1. The van der Waals surface area contributed by atoms with Crippen LogP contribution in [-0.4, -0.2) is 42.2 Å². The van der Waals surface area contributed by atoms with Crippen LogP contribution in [0.5, 0.6) is 0 Å². The van der Waals surface area contributed by atoms with Crippen LogP contribution in [0.1, 0.15) is 26.7 Å². The average molecular weight is 276 g/mol. The summed E-state index contributed by atoms with van der Waals surface area (Å²) in [4.78, 5) is 11.2. The lowest BCUT2D eigenvalue weighted by molar-refractivity contribution is -0.138. The molecule has 0 aliphatic carbocycles. The van der Waals surface area contributed by atoms with Gasteiger partial charge in [0.05, 0.1) is 12.7 Å². The van der Waals surface area contributed by atoms with Crippen LogP contribution in [0, 0.1) is 0 Å². The molecule has 0 unspecified atom stereocenters. The molecule has 0 atom stereocenters. The zero-order valence-corrected chi connectivity index (χ0v) is 12.8. The van der Waals surface area contributed by atoms with E-state index in [-0.39, 0.29) is 6.61 Å². The molecular weight excluding hydrogens is 252 g/mol. The largest absolute Gasteiger partial charge is 0.503 e. The van der Waals surface area contributed by atoms with E-state index in [1.165, 1.54) is 0 Å². The van der Waals surface area contributed by atoms with Gasteiger partial charge < -0.3 is 18.0 Å². The first-order valence-corrected chi connectivity index (χ1v) is 8.01. The van der Waals surface area contributed by atoms with Gasteiger partial charge in [-0.3, -0.25) is 0 Å². The Hall–Kier alpha value is -0.693. The summed E-state index contributed by atoms with van der Waals surface area (Å²) in [7, 11) is 0.426. The second-order valence-electron chi connectivity index (χ2n) is 3.96. The first-order chi connectivity index (χ1) is 8.51. The normalized spacial score (nSPS) is 11.3. The van der Waals surface area contributed by atoms with E-state index < -0.39 is 14.8 Å². The van der Waals surface area contributed by atoms with Crippen LogP contribution in [0.2, 0.25) is 6.04 Å². The van der Waals surface area contributed by atoms with E-state index in [0.717, 1.165) is 12.8 Å². The molecule has 0 fully saturated rings. The van der Waals surface area contributed by atoms with Crippen LogP contribution >= 0.6 is 0 Å². The summed E-state index contributed by atoms with van der Waals surface area (Å²) in [5.41, 5.74) is 0.379. The quantitative estimate of drug-likeness (QED) is 0.265. The van der Waals surface area contributed by atoms with Crippen molar-refractivity contribution in [3.8, 4) is 0 Å². The van der Waals surface area contributed by atoms with Crippen molar-refractivity contribution < 1.29 is 22.8 Å². The fourth-order valence-corrected chi connectivity index (χ4v) is 3.00. The number of hydrogen-bond acceptors (Lipinski definition) is 5. The Balaban J connectivity index is 4.16. The highest BCUT2D eigenvalue weighted by Gasteiger charge is 2.39. The highest BCUT2D eigenvalue weighted by Crippen LogP contribution is 2.15. The van der Waals surface area contributed by atoms with E-state index in [4.69, 9.17) is 18.0 Å². The van der Waals surface area contributed by atoms with Crippen LogP contribution in [0.3, 0.4) is 0 Å². The summed E-state index contributed by atoms with van der Waals surface area (Å²) >= 11 is 0. The summed E-state index contributed by atoms with van der Waals surface area (Å²) in [5, 5.41) is 0. The predicted octanol–water partition coefficient (Wildman–Crippen LogP) is 2.15. The molecule has 0 radical (unpaired) electrons. The molecule has 5 nitrogen and oxygen atoms in total. The average Bonchev–Trinajstić information content (AvgIpc) is 2.37. The molecule has 0 aromatic rings. The fraction of sp³-hybridized carbons (Fsp3) is 0.750. The van der Waals surface area contributed by atoms with Crippen LogP contribution in [0.15, 0.2) is 12.2 Å². The Morgan fingerprint density at radius 1 is 1.22 bits per heavy atom. The van der Waals surface area contributed by atoms with Crippen molar-refractivity contribution in [2.24, 2.45) is 0 Å². The zero-order chi connectivity index (χ0) is 14.0. The van der Waals surface area contributed by atoms with Crippen molar-refractivity contribution in [2.45, 2.75) is 32.7 Å². The molecule has 0 aromatic heterocycles. The smallest absolute Gasteiger partial charge is 0.462 e. The van der Waals surface area contributed by atoms with Crippen molar-refractivity contribution in [2.75, 3.05) is 27.4 Å². The van der Waals surface area contributed by atoms with Crippen molar-refractivity contribution in [3.63, 3.8) is 0 Å². The maximum absolute atomic E-state index is 11.2. The summed E-state index contributed by atoms with van der Waals surface area (Å²) in [6.07, 6.45) is 2.00. The van der Waals surface area contributed by atoms with Gasteiger partial charge in [0.15, 0.2) is 0 Å². The lowest BCUT2D eigenvalue weighted by atomic mass is 10.4. The highest BCUT2D eigenvalue weighted by molar-refractivity contribution is 6.60. The lowest BCUT2D eigenvalue weighted by Gasteiger charge is -2.26. The Kier molecular flexibility index (Phi) is 8.91. The van der Waals surface area contributed by atoms with Gasteiger partial charge in [-0.05, 0) is 13.3 Å². The SMILES string of the molecule is C=C(C)C(=O)OCC[Si](OC)(OC)OCCCC. The minimum atomic E-state index is -2.69. The summed E-state index contributed by atoms with van der Waals surface area (Å²) in [6, 6.07) is 0.447. The molecule has 106 valence electrons. The van der Waals surface area contributed by atoms with Crippen LogP contribution in [0.25, 0.3) is 0 Å². The van der Waals surface area contributed by atoms with Crippen molar-refractivity contribution in [1.82, 2.24) is 0 Å². The molecule has 6 heteroatoms. The molecule has 0 saturated carbocycles. The van der Waals surface area contributed by atoms with E-state index >= 15 is 0 Å². The van der Waals surface area contributed by atoms with E-state index in [1.807, 2.05) is 0 Å². The van der Waals surface area contributed by atoms with Crippen molar-refractivity contribution in [3.05, 3.63) is 12.2 Å². The van der Waals surface area contributed by atoms with Gasteiger partial charge in [-0.25, -0.2) is 4.79 Å². The fourth-order valence-electron chi connectivity index (χ4n) is 1.24. The first-order valence-electron chi connectivity index (χ1n) is 6.08. The molecule has 0 aliphatic heterocycles. The van der Waals surface area contributed by atoms with Gasteiger partial charge in [-0.2, -0.15) is 0 Å². The number of rotatable bonds is 10. The molecule has 0 amide bonds. The molecular formula is C12H24O5Si. The molecule has 0 heterocycles. The minimum Gasteiger partial charge on any atom is -0.462 e. The Labute approximate surface area is 110 Å². The molecule has 0 N–H and O–H groups in total. The number of unbranched alkanes of at least 4 members (excludes halogenated alkanes) is 1. The molecule has 0 aliphatic rings. The van der Waals surface area contributed by atoms with Crippen molar-refractivity contribution >= 4 is 14.8 Å². The second kappa shape index (κ2) is 9.27. The molecule has 0 rings (SSSR count). The Morgan fingerprint density at radius 2 is 1.83 bits per heavy atom. The molecule has 0 saturated heterocycles. The van der Waals surface area contributed by atoms with Gasteiger partial charge in [-0.15, -0.1) is 0 Å². The maximum Gasteiger partial charge on any atom is 0.503 e. The van der Waals surface area contributed by atoms with Gasteiger partial charge in [0.1, 0.15) is 0 Å². The number of hydrogen-bond donors (Lipinski definition) is 0. The van der Waals surface area contributed by atoms with E-state index in [1.54, 1.807) is 21.1 Å². The van der Waals surface area contributed by atoms with E-state index in [2.05, 4.69) is 13.5 Å². The van der Waals surface area contributed by atoms with Crippen molar-refractivity contribution in [1.29, 1.82) is 0 Å². The maximum atomic E-state index is 11.2. The third-order valence-corrected chi connectivity index (χ3v) is 5.14. The van der Waals surface area contributed by atoms with Crippen LogP contribution < -0.4 is 0 Å². The molecule has 18 heavy (non-hydrogen) atoms. The monoisotopic (exact) mass is 276 g/mol. The minimum absolute atomic E-state index is 0.214. The van der Waals surface area contributed by atoms with Gasteiger partial charge in [0.2, 0.25) is 0 Å². The van der Waals surface area contributed by atoms with Crippen LogP contribution in [-0.2, 0) is 22.8 Å². The second-order valence-corrected chi connectivity index (χ2v) is 6.93.